The van der Waals surface area contributed by atoms with Crippen molar-refractivity contribution in [3.05, 3.63) is 28.2 Å². The fourth-order valence-corrected chi connectivity index (χ4v) is 1.41. The molecule has 1 amide bonds. The largest absolute Gasteiger partial charge is 0.370 e. The Labute approximate surface area is 116 Å². The Bertz CT molecular complexity index is 384. The number of benzene rings is 1. The summed E-state index contributed by atoms with van der Waals surface area (Å²) in [4.78, 5) is 11.6. The maximum absolute atomic E-state index is 11.6. The monoisotopic (exact) mass is 298 g/mol. The van der Waals surface area contributed by atoms with Gasteiger partial charge in [-0.25, -0.2) is 0 Å². The molecule has 1 aromatic carbocycles. The van der Waals surface area contributed by atoms with Crippen LogP contribution in [0.5, 0.6) is 0 Å². The van der Waals surface area contributed by atoms with Gasteiger partial charge in [0.15, 0.2) is 0 Å². The molecule has 0 bridgehead atoms. The second kappa shape index (κ2) is 7.74. The van der Waals surface area contributed by atoms with Crippen LogP contribution < -0.4 is 11.1 Å². The minimum absolute atomic E-state index is 0. The third-order valence-electron chi connectivity index (χ3n) is 1.98. The van der Waals surface area contributed by atoms with Gasteiger partial charge >= 0.3 is 0 Å². The average molecular weight is 300 g/mol. The van der Waals surface area contributed by atoms with Crippen LogP contribution in [0, 0.1) is 0 Å². The molecule has 0 aliphatic carbocycles. The van der Waals surface area contributed by atoms with E-state index in [0.717, 1.165) is 0 Å². The Morgan fingerprint density at radius 2 is 2.12 bits per heavy atom. The summed E-state index contributed by atoms with van der Waals surface area (Å²) in [5.41, 5.74) is 5.91. The van der Waals surface area contributed by atoms with E-state index in [-0.39, 0.29) is 24.9 Å². The molecule has 17 heavy (non-hydrogen) atoms. The summed E-state index contributed by atoms with van der Waals surface area (Å²) in [6.45, 7) is 0.115. The number of nitrogens with two attached hydrogens (primary N) is 1. The number of hydrogen-bond acceptors (Lipinski definition) is 3. The van der Waals surface area contributed by atoms with Gasteiger partial charge in [0.2, 0.25) is 0 Å². The summed E-state index contributed by atoms with van der Waals surface area (Å²) >= 11 is 11.6. The third-order valence-corrected chi connectivity index (χ3v) is 2.72. The van der Waals surface area contributed by atoms with Gasteiger partial charge in [-0.05, 0) is 18.2 Å². The van der Waals surface area contributed by atoms with Crippen molar-refractivity contribution in [3.8, 4) is 0 Å². The molecule has 1 unspecified atom stereocenters. The van der Waals surface area contributed by atoms with Crippen molar-refractivity contribution >= 4 is 47.2 Å². The summed E-state index contributed by atoms with van der Waals surface area (Å²) < 4.78 is 4.89. The van der Waals surface area contributed by atoms with E-state index in [1.165, 1.54) is 7.11 Å². The van der Waals surface area contributed by atoms with E-state index in [2.05, 4.69) is 5.32 Å². The zero-order chi connectivity index (χ0) is 12.1. The van der Waals surface area contributed by atoms with Crippen molar-refractivity contribution in [1.29, 1.82) is 0 Å². The van der Waals surface area contributed by atoms with Crippen molar-refractivity contribution in [2.75, 3.05) is 19.0 Å². The number of carbonyl (C=O) groups excluding carboxylic acids is 1. The molecule has 0 aliphatic rings. The first-order chi connectivity index (χ1) is 7.58. The SMILES string of the molecule is COC(CN)C(=O)Nc1ccc(Cl)c(Cl)c1.Cl. The number of amides is 1. The highest BCUT2D eigenvalue weighted by molar-refractivity contribution is 6.42. The van der Waals surface area contributed by atoms with Crippen LogP contribution in [0.2, 0.25) is 10.0 Å². The van der Waals surface area contributed by atoms with Gasteiger partial charge in [0.05, 0.1) is 10.0 Å². The standard InChI is InChI=1S/C10H12Cl2N2O2.ClH/c1-16-9(5-13)10(15)14-6-2-3-7(11)8(12)4-6;/h2-4,9H,5,13H2,1H3,(H,14,15);1H. The topological polar surface area (TPSA) is 64.3 Å². The van der Waals surface area contributed by atoms with Crippen LogP contribution >= 0.6 is 35.6 Å². The van der Waals surface area contributed by atoms with E-state index in [0.29, 0.717) is 15.7 Å². The lowest BCUT2D eigenvalue weighted by molar-refractivity contribution is -0.125. The number of carbonyl (C=O) groups is 1. The first kappa shape index (κ1) is 16.5. The van der Waals surface area contributed by atoms with Gasteiger partial charge in [0.25, 0.3) is 5.91 Å². The second-order valence-corrected chi connectivity index (χ2v) is 3.89. The highest BCUT2D eigenvalue weighted by Crippen LogP contribution is 2.25. The Morgan fingerprint density at radius 3 is 2.59 bits per heavy atom. The van der Waals surface area contributed by atoms with Crippen LogP contribution in [0.1, 0.15) is 0 Å². The quantitative estimate of drug-likeness (QED) is 0.897. The molecular formula is C10H13Cl3N2O2. The number of nitrogens with one attached hydrogen (secondary N) is 1. The zero-order valence-electron chi connectivity index (χ0n) is 9.07. The predicted molar refractivity (Wildman–Crippen MR) is 72.2 cm³/mol. The molecule has 4 nitrogen and oxygen atoms in total. The molecule has 0 saturated heterocycles. The summed E-state index contributed by atoms with van der Waals surface area (Å²) in [5.74, 6) is -0.316. The van der Waals surface area contributed by atoms with Gasteiger partial charge in [-0.3, -0.25) is 4.79 Å². The summed E-state index contributed by atoms with van der Waals surface area (Å²) in [5, 5.41) is 3.43. The molecular weight excluding hydrogens is 286 g/mol. The number of halogens is 3. The van der Waals surface area contributed by atoms with E-state index >= 15 is 0 Å². The van der Waals surface area contributed by atoms with Gasteiger partial charge < -0.3 is 15.8 Å². The number of anilines is 1. The molecule has 0 fully saturated rings. The number of rotatable bonds is 4. The molecule has 1 aromatic rings. The number of methoxy groups -OCH3 is 1. The first-order valence-corrected chi connectivity index (χ1v) is 5.33. The van der Waals surface area contributed by atoms with Gasteiger partial charge in [-0.15, -0.1) is 12.4 Å². The Kier molecular flexibility index (Phi) is 7.50. The van der Waals surface area contributed by atoms with Crippen molar-refractivity contribution in [1.82, 2.24) is 0 Å². The van der Waals surface area contributed by atoms with E-state index in [1.807, 2.05) is 0 Å². The molecule has 1 rings (SSSR count). The fraction of sp³-hybridized carbons (Fsp3) is 0.300. The molecule has 0 spiro atoms. The molecule has 1 atom stereocenters. The van der Waals surface area contributed by atoms with Crippen molar-refractivity contribution in [2.24, 2.45) is 5.73 Å². The lowest BCUT2D eigenvalue weighted by Crippen LogP contribution is -2.35. The number of ether oxygens (including phenoxy) is 1. The Hall–Kier alpha value is -0.520. The molecule has 0 radical (unpaired) electrons. The van der Waals surface area contributed by atoms with Gasteiger partial charge in [0.1, 0.15) is 6.10 Å². The highest BCUT2D eigenvalue weighted by atomic mass is 35.5. The maximum atomic E-state index is 11.6. The first-order valence-electron chi connectivity index (χ1n) is 4.57. The van der Waals surface area contributed by atoms with Crippen molar-refractivity contribution in [2.45, 2.75) is 6.10 Å². The average Bonchev–Trinajstić information content (AvgIpc) is 2.25. The number of hydrogen-bond donors (Lipinski definition) is 2. The lowest BCUT2D eigenvalue weighted by Gasteiger charge is -2.13. The lowest BCUT2D eigenvalue weighted by atomic mass is 10.3. The highest BCUT2D eigenvalue weighted by Gasteiger charge is 2.15. The van der Waals surface area contributed by atoms with Crippen LogP contribution in [0.4, 0.5) is 5.69 Å². The Balaban J connectivity index is 0.00000256. The van der Waals surface area contributed by atoms with Crippen LogP contribution in [0.3, 0.4) is 0 Å². The van der Waals surface area contributed by atoms with E-state index in [1.54, 1.807) is 18.2 Å². The summed E-state index contributed by atoms with van der Waals surface area (Å²) in [6.07, 6.45) is -0.672. The molecule has 0 saturated carbocycles. The van der Waals surface area contributed by atoms with Gasteiger partial charge in [0, 0.05) is 19.3 Å². The second-order valence-electron chi connectivity index (χ2n) is 3.08. The smallest absolute Gasteiger partial charge is 0.254 e. The predicted octanol–water partition coefficient (Wildman–Crippen LogP) is 2.33. The minimum atomic E-state index is -0.672. The van der Waals surface area contributed by atoms with Crippen LogP contribution in [-0.2, 0) is 9.53 Å². The van der Waals surface area contributed by atoms with E-state index in [4.69, 9.17) is 33.7 Å². The molecule has 7 heteroatoms. The summed E-state index contributed by atoms with van der Waals surface area (Å²) in [6, 6.07) is 4.81. The van der Waals surface area contributed by atoms with Gasteiger partial charge in [-0.1, -0.05) is 23.2 Å². The molecule has 96 valence electrons. The molecule has 0 aromatic heterocycles. The molecule has 0 aliphatic heterocycles. The normalized spacial score (nSPS) is 11.5. The molecule has 0 heterocycles. The maximum Gasteiger partial charge on any atom is 0.254 e. The molecule has 3 N–H and O–H groups in total. The fourth-order valence-electron chi connectivity index (χ4n) is 1.11. The van der Waals surface area contributed by atoms with Gasteiger partial charge in [-0.2, -0.15) is 0 Å². The van der Waals surface area contributed by atoms with Crippen LogP contribution in [0.25, 0.3) is 0 Å². The van der Waals surface area contributed by atoms with Crippen LogP contribution in [0.15, 0.2) is 18.2 Å². The third kappa shape index (κ3) is 4.69. The van der Waals surface area contributed by atoms with Crippen LogP contribution in [-0.4, -0.2) is 25.7 Å². The van der Waals surface area contributed by atoms with E-state index in [9.17, 15) is 4.79 Å². The summed E-state index contributed by atoms with van der Waals surface area (Å²) in [7, 11) is 1.42. The van der Waals surface area contributed by atoms with Crippen molar-refractivity contribution in [3.63, 3.8) is 0 Å². The van der Waals surface area contributed by atoms with Crippen molar-refractivity contribution < 1.29 is 9.53 Å². The van der Waals surface area contributed by atoms with E-state index < -0.39 is 6.10 Å². The Morgan fingerprint density at radius 1 is 1.47 bits per heavy atom. The zero-order valence-corrected chi connectivity index (χ0v) is 11.4. The minimum Gasteiger partial charge on any atom is -0.370 e.